The van der Waals surface area contributed by atoms with Gasteiger partial charge in [-0.2, -0.15) is 0 Å². The first-order valence-electron chi connectivity index (χ1n) is 9.38. The number of thiophene rings is 1. The van der Waals surface area contributed by atoms with Crippen LogP contribution >= 0.6 is 11.3 Å². The van der Waals surface area contributed by atoms with Gasteiger partial charge < -0.3 is 20.1 Å². The Hall–Kier alpha value is -3.91. The topological polar surface area (TPSA) is 108 Å². The number of amides is 1. The number of benzene rings is 2. The molecule has 0 aliphatic heterocycles. The number of carbonyl (C=O) groups is 2. The number of fused-ring (bicyclic) bond motifs is 1. The Morgan fingerprint density at radius 1 is 1.03 bits per heavy atom. The Labute approximate surface area is 180 Å². The maximum atomic E-state index is 12.7. The minimum atomic E-state index is -0.757. The maximum Gasteiger partial charge on any atom is 0.265 e. The highest BCUT2D eigenvalue weighted by atomic mass is 32.1. The molecule has 8 heteroatoms. The maximum absolute atomic E-state index is 12.7. The molecule has 4 rings (SSSR count). The molecule has 0 atom stereocenters. The van der Waals surface area contributed by atoms with Crippen LogP contribution in [0.4, 0.5) is 5.69 Å². The molecule has 0 radical (unpaired) electrons. The minimum Gasteiger partial charge on any atom is -0.506 e. The molecule has 0 aliphatic carbocycles. The lowest BCUT2D eigenvalue weighted by molar-refractivity contribution is 0.101. The number of aromatic amines is 1. The standard InChI is InChI=1S/C23H18N2O5S/c1-12-17-19(27)18(22(29)25-23(17)31-20(12)13(2)26)21(28)24-14-8-10-16(11-9-14)30-15-6-4-3-5-7-15/h3-11H,1-2H3,(H,24,28)(H2,25,27,29). The fourth-order valence-electron chi connectivity index (χ4n) is 3.26. The second-order valence-corrected chi connectivity index (χ2v) is 7.91. The van der Waals surface area contributed by atoms with Crippen LogP contribution in [0.15, 0.2) is 59.4 Å². The molecular formula is C23H18N2O5S. The summed E-state index contributed by atoms with van der Waals surface area (Å²) in [6.07, 6.45) is 0. The van der Waals surface area contributed by atoms with Crippen molar-refractivity contribution in [2.24, 2.45) is 0 Å². The average molecular weight is 434 g/mol. The van der Waals surface area contributed by atoms with Gasteiger partial charge in [0.05, 0.1) is 10.3 Å². The first-order chi connectivity index (χ1) is 14.8. The highest BCUT2D eigenvalue weighted by Gasteiger charge is 2.24. The van der Waals surface area contributed by atoms with E-state index in [1.165, 1.54) is 6.92 Å². The van der Waals surface area contributed by atoms with Gasteiger partial charge in [-0.05, 0) is 55.8 Å². The molecule has 0 fully saturated rings. The number of rotatable bonds is 5. The number of pyridine rings is 1. The van der Waals surface area contributed by atoms with Crippen molar-refractivity contribution < 1.29 is 19.4 Å². The number of Topliss-reactive ketones (excluding diaryl/α,β-unsaturated/α-hetero) is 1. The van der Waals surface area contributed by atoms with Crippen molar-refractivity contribution in [1.82, 2.24) is 4.98 Å². The van der Waals surface area contributed by atoms with Crippen molar-refractivity contribution in [3.63, 3.8) is 0 Å². The van der Waals surface area contributed by atoms with Crippen molar-refractivity contribution in [2.45, 2.75) is 13.8 Å². The molecule has 0 saturated heterocycles. The zero-order valence-electron chi connectivity index (χ0n) is 16.7. The van der Waals surface area contributed by atoms with Crippen LogP contribution < -0.4 is 15.6 Å². The Kier molecular flexibility index (Phi) is 5.31. The summed E-state index contributed by atoms with van der Waals surface area (Å²) in [5.41, 5.74) is -0.190. The van der Waals surface area contributed by atoms with Gasteiger partial charge in [0.15, 0.2) is 5.78 Å². The van der Waals surface area contributed by atoms with E-state index in [0.717, 1.165) is 11.3 Å². The van der Waals surface area contributed by atoms with Gasteiger partial charge >= 0.3 is 0 Å². The van der Waals surface area contributed by atoms with Crippen LogP contribution in [0.25, 0.3) is 10.2 Å². The summed E-state index contributed by atoms with van der Waals surface area (Å²) in [6.45, 7) is 3.08. The molecule has 31 heavy (non-hydrogen) atoms. The van der Waals surface area contributed by atoms with Gasteiger partial charge in [-0.25, -0.2) is 0 Å². The molecule has 0 unspecified atom stereocenters. The predicted octanol–water partition coefficient (Wildman–Crippen LogP) is 4.85. The SMILES string of the molecule is CC(=O)c1sc2[nH]c(=O)c(C(=O)Nc3ccc(Oc4ccccc4)cc3)c(O)c2c1C. The quantitative estimate of drug-likeness (QED) is 0.389. The lowest BCUT2D eigenvalue weighted by Crippen LogP contribution is -2.23. The van der Waals surface area contributed by atoms with Gasteiger partial charge in [0, 0.05) is 5.69 Å². The molecule has 0 aliphatic rings. The monoisotopic (exact) mass is 434 g/mol. The normalized spacial score (nSPS) is 10.8. The van der Waals surface area contributed by atoms with Crippen LogP contribution in [0.3, 0.4) is 0 Å². The van der Waals surface area contributed by atoms with Gasteiger partial charge in [-0.15, -0.1) is 11.3 Å². The number of ether oxygens (including phenoxy) is 1. The Morgan fingerprint density at radius 3 is 2.32 bits per heavy atom. The number of hydrogen-bond donors (Lipinski definition) is 3. The highest BCUT2D eigenvalue weighted by Crippen LogP contribution is 2.36. The van der Waals surface area contributed by atoms with E-state index in [1.54, 1.807) is 31.2 Å². The zero-order valence-corrected chi connectivity index (χ0v) is 17.5. The molecule has 1 amide bonds. The van der Waals surface area contributed by atoms with E-state index >= 15 is 0 Å². The Morgan fingerprint density at radius 2 is 1.68 bits per heavy atom. The third-order valence-corrected chi connectivity index (χ3v) is 6.02. The molecule has 0 saturated carbocycles. The second-order valence-electron chi connectivity index (χ2n) is 6.89. The second kappa shape index (κ2) is 8.08. The number of aromatic nitrogens is 1. The molecule has 0 bridgehead atoms. The molecule has 3 N–H and O–H groups in total. The number of nitrogens with one attached hydrogen (secondary N) is 2. The van der Waals surface area contributed by atoms with Crippen LogP contribution in [0, 0.1) is 6.92 Å². The minimum absolute atomic E-state index is 0.178. The number of H-pyrrole nitrogens is 1. The Bertz CT molecular complexity index is 1350. The summed E-state index contributed by atoms with van der Waals surface area (Å²) < 4.78 is 5.71. The van der Waals surface area contributed by atoms with Crippen molar-refractivity contribution in [1.29, 1.82) is 0 Å². The smallest absolute Gasteiger partial charge is 0.265 e. The van der Waals surface area contributed by atoms with Gasteiger partial charge in [-0.3, -0.25) is 14.4 Å². The first kappa shape index (κ1) is 20.4. The summed E-state index contributed by atoms with van der Waals surface area (Å²) in [6, 6.07) is 15.9. The van der Waals surface area contributed by atoms with Gasteiger partial charge in [0.25, 0.3) is 11.5 Å². The molecule has 0 spiro atoms. The van der Waals surface area contributed by atoms with E-state index in [-0.39, 0.29) is 5.78 Å². The number of ketones is 1. The van der Waals surface area contributed by atoms with Gasteiger partial charge in [0.1, 0.15) is 27.6 Å². The van der Waals surface area contributed by atoms with Crippen molar-refractivity contribution in [3.8, 4) is 17.2 Å². The average Bonchev–Trinajstić information content (AvgIpc) is 3.07. The van der Waals surface area contributed by atoms with Crippen LogP contribution in [0.5, 0.6) is 17.2 Å². The Balaban J connectivity index is 1.60. The largest absolute Gasteiger partial charge is 0.506 e. The van der Waals surface area contributed by atoms with E-state index in [4.69, 9.17) is 4.74 Å². The van der Waals surface area contributed by atoms with Crippen molar-refractivity contribution in [2.75, 3.05) is 5.32 Å². The fraction of sp³-hybridized carbons (Fsp3) is 0.0870. The van der Waals surface area contributed by atoms with Crippen LogP contribution in [-0.2, 0) is 0 Å². The highest BCUT2D eigenvalue weighted by molar-refractivity contribution is 7.20. The molecule has 2 heterocycles. The summed E-state index contributed by atoms with van der Waals surface area (Å²) in [5, 5.41) is 13.6. The van der Waals surface area contributed by atoms with Crippen LogP contribution in [-0.4, -0.2) is 21.8 Å². The van der Waals surface area contributed by atoms with Gasteiger partial charge in [0.2, 0.25) is 0 Å². The molecule has 2 aromatic carbocycles. The van der Waals surface area contributed by atoms with Crippen molar-refractivity contribution >= 4 is 38.9 Å². The molecule has 2 aromatic heterocycles. The molecule has 4 aromatic rings. The fourth-order valence-corrected chi connectivity index (χ4v) is 4.35. The van der Waals surface area contributed by atoms with Gasteiger partial charge in [-0.1, -0.05) is 18.2 Å². The number of hydrogen-bond acceptors (Lipinski definition) is 6. The van der Waals surface area contributed by atoms with E-state index in [1.807, 2.05) is 30.3 Å². The lowest BCUT2D eigenvalue weighted by Gasteiger charge is -2.09. The third kappa shape index (κ3) is 3.93. The molecular weight excluding hydrogens is 416 g/mol. The predicted molar refractivity (Wildman–Crippen MR) is 120 cm³/mol. The zero-order chi connectivity index (χ0) is 22.1. The van der Waals surface area contributed by atoms with E-state index < -0.39 is 22.8 Å². The van der Waals surface area contributed by atoms with E-state index in [2.05, 4.69) is 10.3 Å². The van der Waals surface area contributed by atoms with E-state index in [9.17, 15) is 19.5 Å². The summed E-state index contributed by atoms with van der Waals surface area (Å²) in [7, 11) is 0. The van der Waals surface area contributed by atoms with Crippen molar-refractivity contribution in [3.05, 3.63) is 81.0 Å². The summed E-state index contributed by atoms with van der Waals surface area (Å²) in [4.78, 5) is 40.3. The lowest BCUT2D eigenvalue weighted by atomic mass is 10.1. The summed E-state index contributed by atoms with van der Waals surface area (Å²) in [5.74, 6) is -0.117. The third-order valence-electron chi connectivity index (χ3n) is 4.71. The van der Waals surface area contributed by atoms with Crippen LogP contribution in [0.2, 0.25) is 0 Å². The molecule has 156 valence electrons. The number of carbonyl (C=O) groups excluding carboxylic acids is 2. The number of anilines is 1. The van der Waals surface area contributed by atoms with E-state index in [0.29, 0.717) is 37.8 Å². The number of aryl methyl sites for hydroxylation is 1. The first-order valence-corrected chi connectivity index (χ1v) is 10.2. The summed E-state index contributed by atoms with van der Waals surface area (Å²) >= 11 is 1.08. The molecule has 7 nitrogen and oxygen atoms in total. The van der Waals surface area contributed by atoms with Crippen LogP contribution in [0.1, 0.15) is 32.5 Å². The number of aromatic hydroxyl groups is 1. The number of para-hydroxylation sites is 1.